The third kappa shape index (κ3) is 3.11. The number of aryl methyl sites for hydroxylation is 1. The van der Waals surface area contributed by atoms with Gasteiger partial charge in [-0.2, -0.15) is 0 Å². The van der Waals surface area contributed by atoms with Crippen LogP contribution in [0.5, 0.6) is 0 Å². The lowest BCUT2D eigenvalue weighted by molar-refractivity contribution is -0.144. The summed E-state index contributed by atoms with van der Waals surface area (Å²) >= 11 is 0. The molecule has 1 aromatic carbocycles. The van der Waals surface area contributed by atoms with Gasteiger partial charge in [0.25, 0.3) is 0 Å². The van der Waals surface area contributed by atoms with Gasteiger partial charge < -0.3 is 4.74 Å². The number of hydrogen-bond donors (Lipinski definition) is 0. The number of hydrogen-bond acceptors (Lipinski definition) is 2. The maximum atomic E-state index is 11.0. The van der Waals surface area contributed by atoms with E-state index in [4.69, 9.17) is 4.74 Å². The molecule has 0 amide bonds. The molecular weight excluding hydrogens is 200 g/mol. The molecule has 1 aromatic rings. The molecule has 1 rings (SSSR count). The summed E-state index contributed by atoms with van der Waals surface area (Å²) in [4.78, 5) is 11.0. The predicted molar refractivity (Wildman–Crippen MR) is 64.0 cm³/mol. The summed E-state index contributed by atoms with van der Waals surface area (Å²) in [5.74, 6) is -0.305. The lowest BCUT2D eigenvalue weighted by Gasteiger charge is -2.17. The molecule has 16 heavy (non-hydrogen) atoms. The second kappa shape index (κ2) is 5.34. The Bertz CT molecular complexity index is 423. The summed E-state index contributed by atoms with van der Waals surface area (Å²) in [6, 6.07) is 7.87. The van der Waals surface area contributed by atoms with Crippen molar-refractivity contribution in [3.05, 3.63) is 53.3 Å². The number of carbonyl (C=O) groups is 1. The molecule has 0 aromatic heterocycles. The van der Waals surface area contributed by atoms with E-state index in [2.05, 4.69) is 12.3 Å². The summed E-state index contributed by atoms with van der Waals surface area (Å²) < 4.78 is 5.25. The van der Waals surface area contributed by atoms with Crippen LogP contribution >= 0.6 is 0 Å². The van der Waals surface area contributed by atoms with Gasteiger partial charge in [-0.25, -0.2) is 0 Å². The molecule has 0 saturated heterocycles. The molecule has 0 aliphatic heterocycles. The summed E-state index contributed by atoms with van der Waals surface area (Å²) in [5.41, 5.74) is 5.69. The Labute approximate surface area is 96.2 Å². The lowest BCUT2D eigenvalue weighted by Crippen LogP contribution is -2.09. The third-order valence-electron chi connectivity index (χ3n) is 2.34. The van der Waals surface area contributed by atoms with Crippen LogP contribution in [0.4, 0.5) is 0 Å². The van der Waals surface area contributed by atoms with Crippen molar-refractivity contribution >= 4 is 5.97 Å². The van der Waals surface area contributed by atoms with Crippen LogP contribution in [0.15, 0.2) is 42.1 Å². The molecule has 2 heteroatoms. The van der Waals surface area contributed by atoms with Gasteiger partial charge in [-0.1, -0.05) is 36.4 Å². The van der Waals surface area contributed by atoms with Crippen molar-refractivity contribution in [3.63, 3.8) is 0 Å². The highest BCUT2D eigenvalue weighted by atomic mass is 16.5. The van der Waals surface area contributed by atoms with Crippen molar-refractivity contribution < 1.29 is 9.53 Å². The average Bonchev–Trinajstić information content (AvgIpc) is 2.26. The first kappa shape index (κ1) is 12.3. The van der Waals surface area contributed by atoms with Gasteiger partial charge in [0.2, 0.25) is 0 Å². The summed E-state index contributed by atoms with van der Waals surface area (Å²) in [6.07, 6.45) is -0.379. The number of carbonyl (C=O) groups excluding carboxylic acids is 1. The molecule has 0 spiro atoms. The van der Waals surface area contributed by atoms with Crippen LogP contribution in [0.25, 0.3) is 0 Å². The molecule has 0 N–H and O–H groups in total. The van der Waals surface area contributed by atoms with Gasteiger partial charge in [-0.3, -0.25) is 4.79 Å². The van der Waals surface area contributed by atoms with Gasteiger partial charge in [0.15, 0.2) is 6.10 Å². The molecule has 0 fully saturated rings. The summed E-state index contributed by atoms with van der Waals surface area (Å²) in [5, 5.41) is 0. The van der Waals surface area contributed by atoms with Crippen LogP contribution in [0.3, 0.4) is 0 Å². The van der Waals surface area contributed by atoms with Crippen molar-refractivity contribution in [2.75, 3.05) is 0 Å². The monoisotopic (exact) mass is 216 g/mol. The minimum Gasteiger partial charge on any atom is -0.452 e. The molecule has 1 unspecified atom stereocenters. The fourth-order valence-corrected chi connectivity index (χ4v) is 1.41. The Morgan fingerprint density at radius 1 is 1.31 bits per heavy atom. The second-order valence-electron chi connectivity index (χ2n) is 3.76. The summed E-state index contributed by atoms with van der Waals surface area (Å²) in [6.45, 7) is 8.84. The number of rotatable bonds is 3. The van der Waals surface area contributed by atoms with Crippen molar-refractivity contribution in [2.45, 2.75) is 26.9 Å². The van der Waals surface area contributed by atoms with Gasteiger partial charge in [0.1, 0.15) is 0 Å². The number of esters is 1. The van der Waals surface area contributed by atoms with E-state index in [9.17, 15) is 4.79 Å². The molecule has 0 bridgehead atoms. The Morgan fingerprint density at radius 2 is 1.88 bits per heavy atom. The predicted octanol–water partition coefficient (Wildman–Crippen LogP) is 3.33. The highest BCUT2D eigenvalue weighted by Gasteiger charge is 2.16. The molecule has 1 atom stereocenters. The van der Waals surface area contributed by atoms with Crippen LogP contribution in [-0.4, -0.2) is 5.97 Å². The van der Waals surface area contributed by atoms with Crippen molar-refractivity contribution in [1.82, 2.24) is 0 Å². The van der Waals surface area contributed by atoms with Crippen molar-refractivity contribution in [2.24, 2.45) is 0 Å². The Balaban J connectivity index is 3.05. The minimum absolute atomic E-state index is 0.305. The number of benzene rings is 1. The molecule has 0 heterocycles. The van der Waals surface area contributed by atoms with E-state index in [1.165, 1.54) is 12.5 Å². The maximum absolute atomic E-state index is 11.0. The fraction of sp³-hybridized carbons (Fsp3) is 0.286. The smallest absolute Gasteiger partial charge is 0.303 e. The first-order chi connectivity index (χ1) is 7.54. The molecule has 0 saturated carbocycles. The first-order valence-corrected chi connectivity index (χ1v) is 5.15. The molecule has 0 aliphatic rings. The Kier molecular flexibility index (Phi) is 4.10. The van der Waals surface area contributed by atoms with Crippen LogP contribution in [0, 0.1) is 6.92 Å². The van der Waals surface area contributed by atoms with Gasteiger partial charge in [0.05, 0.1) is 0 Å². The van der Waals surface area contributed by atoms with E-state index in [1.54, 1.807) is 0 Å². The third-order valence-corrected chi connectivity index (χ3v) is 2.34. The Hall–Kier alpha value is -1.79. The van der Waals surface area contributed by atoms with Gasteiger partial charge in [-0.15, -0.1) is 5.73 Å². The van der Waals surface area contributed by atoms with E-state index in [-0.39, 0.29) is 12.1 Å². The van der Waals surface area contributed by atoms with E-state index < -0.39 is 0 Å². The van der Waals surface area contributed by atoms with Crippen LogP contribution in [0.1, 0.15) is 31.1 Å². The van der Waals surface area contributed by atoms with Crippen LogP contribution < -0.4 is 0 Å². The highest BCUT2D eigenvalue weighted by Crippen LogP contribution is 2.25. The normalized spacial score (nSPS) is 11.4. The van der Waals surface area contributed by atoms with E-state index in [0.717, 1.165) is 11.1 Å². The molecule has 2 nitrogen and oxygen atoms in total. The minimum atomic E-state index is -0.379. The van der Waals surface area contributed by atoms with Gasteiger partial charge >= 0.3 is 5.97 Å². The standard InChI is InChI=1S/C14H16O2/c1-5-11(3)14(16-12(4)15)13-8-6-10(2)7-9-13/h6-9,14H,1H2,2-4H3. The zero-order chi connectivity index (χ0) is 12.1. The molecular formula is C14H16O2. The SMILES string of the molecule is C=C=C(C)C(OC(C)=O)c1ccc(C)cc1. The quantitative estimate of drug-likeness (QED) is 0.572. The lowest BCUT2D eigenvalue weighted by atomic mass is 10.0. The van der Waals surface area contributed by atoms with Crippen molar-refractivity contribution in [1.29, 1.82) is 0 Å². The molecule has 0 aliphatic carbocycles. The van der Waals surface area contributed by atoms with Crippen LogP contribution in [0.2, 0.25) is 0 Å². The largest absolute Gasteiger partial charge is 0.452 e. The molecule has 0 radical (unpaired) electrons. The topological polar surface area (TPSA) is 26.3 Å². The van der Waals surface area contributed by atoms with Crippen LogP contribution in [-0.2, 0) is 9.53 Å². The molecule has 84 valence electrons. The Morgan fingerprint density at radius 3 is 2.31 bits per heavy atom. The summed E-state index contributed by atoms with van der Waals surface area (Å²) in [7, 11) is 0. The van der Waals surface area contributed by atoms with E-state index in [1.807, 2.05) is 38.1 Å². The number of ether oxygens (including phenoxy) is 1. The highest BCUT2D eigenvalue weighted by molar-refractivity contribution is 5.66. The fourth-order valence-electron chi connectivity index (χ4n) is 1.41. The average molecular weight is 216 g/mol. The zero-order valence-electron chi connectivity index (χ0n) is 9.91. The van der Waals surface area contributed by atoms with E-state index >= 15 is 0 Å². The van der Waals surface area contributed by atoms with Gasteiger partial charge in [0, 0.05) is 12.5 Å². The first-order valence-electron chi connectivity index (χ1n) is 5.15. The van der Waals surface area contributed by atoms with Crippen molar-refractivity contribution in [3.8, 4) is 0 Å². The van der Waals surface area contributed by atoms with E-state index in [0.29, 0.717) is 0 Å². The maximum Gasteiger partial charge on any atom is 0.303 e. The zero-order valence-corrected chi connectivity index (χ0v) is 9.91. The second-order valence-corrected chi connectivity index (χ2v) is 3.76. The van der Waals surface area contributed by atoms with Gasteiger partial charge in [-0.05, 0) is 19.4 Å².